The number of rotatable bonds is 6. The molecule has 7 rings (SSSR count). The predicted molar refractivity (Wildman–Crippen MR) is 182 cm³/mol. The second kappa shape index (κ2) is 21.3. The van der Waals surface area contributed by atoms with Gasteiger partial charge in [-0.3, -0.25) is 0 Å². The third kappa shape index (κ3) is 11.0. The zero-order valence-corrected chi connectivity index (χ0v) is 29.5. The molecular formula is C35H37Cl2N7PRu+2. The van der Waals surface area contributed by atoms with Crippen LogP contribution in [-0.2, 0) is 17.3 Å². The van der Waals surface area contributed by atoms with E-state index in [0.717, 1.165) is 12.8 Å². The second-order valence-corrected chi connectivity index (χ2v) is 12.7. The summed E-state index contributed by atoms with van der Waals surface area (Å²) in [5.74, 6) is 0. The number of hydrogen-bond donors (Lipinski definition) is 0. The van der Waals surface area contributed by atoms with Gasteiger partial charge in [0, 0.05) is 50.0 Å². The third-order valence-corrected chi connectivity index (χ3v) is 9.96. The van der Waals surface area contributed by atoms with E-state index >= 15 is 0 Å². The number of halogens is 2. The first-order valence-electron chi connectivity index (χ1n) is 14.8. The Morgan fingerprint density at radius 1 is 0.609 bits per heavy atom. The number of hydrogen-bond acceptors (Lipinski definition) is 3. The minimum absolute atomic E-state index is 0. The van der Waals surface area contributed by atoms with Gasteiger partial charge in [0.2, 0.25) is 12.3 Å². The van der Waals surface area contributed by atoms with Gasteiger partial charge in [-0.15, -0.1) is 0 Å². The van der Waals surface area contributed by atoms with Gasteiger partial charge in [0.25, 0.3) is 0 Å². The summed E-state index contributed by atoms with van der Waals surface area (Å²) in [5.41, 5.74) is 0. The van der Waals surface area contributed by atoms with Crippen molar-refractivity contribution in [3.63, 3.8) is 0 Å². The van der Waals surface area contributed by atoms with Gasteiger partial charge in [-0.1, -0.05) is 61.0 Å². The maximum absolute atomic E-state index is 6.72. The molecule has 1 aliphatic carbocycles. The molecule has 237 valence electrons. The first-order valence-corrected chi connectivity index (χ1v) is 18.6. The largest absolute Gasteiger partial charge is 0.238 e. The van der Waals surface area contributed by atoms with Crippen LogP contribution >= 0.6 is 17.6 Å². The molecule has 1 aliphatic rings. The number of aromatic nitrogens is 6. The Labute approximate surface area is 293 Å². The molecule has 0 saturated heterocycles. The molecule has 11 heteroatoms. The van der Waals surface area contributed by atoms with Crippen molar-refractivity contribution >= 4 is 33.5 Å². The normalized spacial score (nSPS) is 12.2. The van der Waals surface area contributed by atoms with Crippen LogP contribution in [0.2, 0.25) is 0 Å². The summed E-state index contributed by atoms with van der Waals surface area (Å²) in [7, 11) is 3.69. The molecule has 1 saturated carbocycles. The summed E-state index contributed by atoms with van der Waals surface area (Å²) in [6.45, 7) is 6.72. The van der Waals surface area contributed by atoms with E-state index in [1.54, 1.807) is 32.6 Å². The molecule has 1 fully saturated rings. The van der Waals surface area contributed by atoms with Gasteiger partial charge in [0.15, 0.2) is 0 Å². The Kier molecular flexibility index (Phi) is 17.0. The van der Waals surface area contributed by atoms with E-state index in [1.165, 1.54) is 35.2 Å². The van der Waals surface area contributed by atoms with Crippen LogP contribution in [0.3, 0.4) is 0 Å². The second-order valence-electron chi connectivity index (χ2n) is 10.2. The van der Waals surface area contributed by atoms with Crippen molar-refractivity contribution in [2.24, 2.45) is 0 Å². The fourth-order valence-corrected chi connectivity index (χ4v) is 7.72. The molecule has 0 N–H and O–H groups in total. The van der Waals surface area contributed by atoms with Crippen molar-refractivity contribution in [3.8, 4) is 0 Å². The molecule has 0 atom stereocenters. The van der Waals surface area contributed by atoms with Crippen LogP contribution in [0.1, 0.15) is 38.4 Å². The molecule has 0 bridgehead atoms. The smallest absolute Gasteiger partial charge is 0.227 e. The Morgan fingerprint density at radius 2 is 0.957 bits per heavy atom. The molecule has 3 aromatic carbocycles. The van der Waals surface area contributed by atoms with Crippen LogP contribution in [0.15, 0.2) is 146 Å². The monoisotopic (exact) mass is 758 g/mol. The fraction of sp³-hybridized carbons (Fsp3) is 0.200. The summed E-state index contributed by atoms with van der Waals surface area (Å²) >= 11 is 1.82. The molecule has 6 aromatic rings. The first-order chi connectivity index (χ1) is 22.3. The van der Waals surface area contributed by atoms with Crippen LogP contribution in [-0.4, -0.2) is 35.4 Å². The van der Waals surface area contributed by atoms with Crippen molar-refractivity contribution < 1.29 is 29.7 Å². The Morgan fingerprint density at radius 3 is 1.22 bits per heavy atom. The third-order valence-electron chi connectivity index (χ3n) is 7.23. The Balaban J connectivity index is 0.000000193. The van der Waals surface area contributed by atoms with Crippen LogP contribution in [0.4, 0.5) is 0 Å². The zero-order chi connectivity index (χ0) is 31.5. The molecular weight excluding hydrogens is 721 g/mol. The first kappa shape index (κ1) is 36.9. The average Bonchev–Trinajstić information content (AvgIpc) is 3.95. The van der Waals surface area contributed by atoms with Gasteiger partial charge in [0.05, 0.1) is 7.92 Å². The SMILES string of the molecule is [C-]#[N+]C1CCCCC1.[Cl-].[Cl][Ru+2].c1ccc([PH+](c2ccccc2)c2ccccc2)cc1.c1cnn(C(n2cccn2)n2cccn2)c1. The summed E-state index contributed by atoms with van der Waals surface area (Å²) < 4.78 is 5.38. The van der Waals surface area contributed by atoms with Crippen LogP contribution in [0, 0.1) is 6.57 Å². The van der Waals surface area contributed by atoms with Crippen molar-refractivity contribution in [1.29, 1.82) is 0 Å². The molecule has 0 amide bonds. The average molecular weight is 759 g/mol. The van der Waals surface area contributed by atoms with Crippen molar-refractivity contribution in [2.45, 2.75) is 44.4 Å². The fourth-order valence-electron chi connectivity index (χ4n) is 5.14. The van der Waals surface area contributed by atoms with E-state index in [-0.39, 0.29) is 18.7 Å². The molecule has 0 spiro atoms. The van der Waals surface area contributed by atoms with Crippen LogP contribution in [0.5, 0.6) is 0 Å². The number of benzene rings is 3. The van der Waals surface area contributed by atoms with E-state index < -0.39 is 7.92 Å². The predicted octanol–water partition coefficient (Wildman–Crippen LogP) is 3.94. The van der Waals surface area contributed by atoms with Crippen LogP contribution < -0.4 is 28.3 Å². The summed E-state index contributed by atoms with van der Waals surface area (Å²) in [4.78, 5) is 3.50. The Bertz CT molecular complexity index is 1430. The summed E-state index contributed by atoms with van der Waals surface area (Å²) in [5, 5.41) is 17.0. The zero-order valence-electron chi connectivity index (χ0n) is 25.3. The van der Waals surface area contributed by atoms with Crippen molar-refractivity contribution in [1.82, 2.24) is 29.3 Å². The Hall–Kier alpha value is -3.59. The van der Waals surface area contributed by atoms with E-state index in [9.17, 15) is 0 Å². The van der Waals surface area contributed by atoms with E-state index in [2.05, 4.69) is 121 Å². The number of nitrogens with zero attached hydrogens (tertiary/aromatic N) is 7. The molecule has 46 heavy (non-hydrogen) atoms. The molecule has 0 unspecified atom stereocenters. The van der Waals surface area contributed by atoms with E-state index in [0.29, 0.717) is 6.04 Å². The maximum Gasteiger partial charge on any atom is 0.238 e. The standard InChI is InChI=1S/C18H15P.C10H10N6.C7H11N.2ClH.Ru/c1-4-10-16(11-5-1)19(17-12-6-2-7-13-17)18-14-8-3-9-15-18;1-4-11-14(7-1)10(15-8-2-5-12-15)16-9-3-6-13-16;1-8-7-5-3-2-4-6-7;;;/h1-15H;1-10H;7H,2-6H2;2*1H;/q;;;;;+3/p-1. The van der Waals surface area contributed by atoms with Gasteiger partial charge in [-0.2, -0.15) is 15.3 Å². The minimum atomic E-state index is -0.877. The van der Waals surface area contributed by atoms with Crippen molar-refractivity contribution in [3.05, 3.63) is 158 Å². The van der Waals surface area contributed by atoms with E-state index in [1.807, 2.05) is 54.1 Å². The molecule has 7 nitrogen and oxygen atoms in total. The molecule has 3 aromatic heterocycles. The molecule has 0 radical (unpaired) electrons. The topological polar surface area (TPSA) is 57.8 Å². The van der Waals surface area contributed by atoms with Crippen LogP contribution in [0.25, 0.3) is 4.85 Å². The minimum Gasteiger partial charge on any atom is -0.227 e. The van der Waals surface area contributed by atoms with Gasteiger partial charge in [-0.25, -0.2) is 20.6 Å². The van der Waals surface area contributed by atoms with Gasteiger partial charge in [-0.05, 0) is 67.4 Å². The summed E-state index contributed by atoms with van der Waals surface area (Å²) in [6, 6.07) is 38.5. The van der Waals surface area contributed by atoms with Crippen molar-refractivity contribution in [2.75, 3.05) is 0 Å². The van der Waals surface area contributed by atoms with E-state index in [4.69, 9.17) is 6.57 Å². The van der Waals surface area contributed by atoms with Gasteiger partial charge < -0.3 is 17.3 Å². The quantitative estimate of drug-likeness (QED) is 0.147. The molecule has 0 aliphatic heterocycles. The van der Waals surface area contributed by atoms with Gasteiger partial charge in [0.1, 0.15) is 15.9 Å². The molecule has 3 heterocycles. The maximum atomic E-state index is 6.72. The van der Waals surface area contributed by atoms with Gasteiger partial charge >= 0.3 is 27.0 Å². The summed E-state index contributed by atoms with van der Waals surface area (Å²) in [6.07, 6.45) is 16.9.